The van der Waals surface area contributed by atoms with Gasteiger partial charge in [0.2, 0.25) is 0 Å². The lowest BCUT2D eigenvalue weighted by Gasteiger charge is -2.10. The first-order valence-electron chi connectivity index (χ1n) is 7.76. The number of aromatic nitrogens is 5. The normalized spacial score (nSPS) is 11.1. The number of carboxylic acids is 1. The van der Waals surface area contributed by atoms with E-state index in [4.69, 9.17) is 0 Å². The summed E-state index contributed by atoms with van der Waals surface area (Å²) in [6.45, 7) is 5.73. The van der Waals surface area contributed by atoms with Gasteiger partial charge in [0, 0.05) is 12.1 Å². The Hall–Kier alpha value is -2.96. The summed E-state index contributed by atoms with van der Waals surface area (Å²) in [7, 11) is 0. The van der Waals surface area contributed by atoms with E-state index in [1.165, 1.54) is 0 Å². The van der Waals surface area contributed by atoms with E-state index in [9.17, 15) is 9.90 Å². The van der Waals surface area contributed by atoms with Gasteiger partial charge in [-0.2, -0.15) is 0 Å². The van der Waals surface area contributed by atoms with Crippen LogP contribution in [0.25, 0.3) is 11.3 Å². The Labute approximate surface area is 139 Å². The van der Waals surface area contributed by atoms with Gasteiger partial charge in [-0.15, -0.1) is 5.10 Å². The second-order valence-corrected chi connectivity index (χ2v) is 6.08. The molecule has 0 saturated carbocycles. The first-order chi connectivity index (χ1) is 11.5. The average molecular weight is 325 g/mol. The second-order valence-electron chi connectivity index (χ2n) is 6.08. The van der Waals surface area contributed by atoms with Crippen LogP contribution >= 0.6 is 0 Å². The highest BCUT2D eigenvalue weighted by atomic mass is 16.4. The predicted molar refractivity (Wildman–Crippen MR) is 88.6 cm³/mol. The van der Waals surface area contributed by atoms with Crippen molar-refractivity contribution in [2.75, 3.05) is 0 Å². The van der Waals surface area contributed by atoms with E-state index in [0.717, 1.165) is 12.2 Å². The Kier molecular flexibility index (Phi) is 4.41. The molecule has 24 heavy (non-hydrogen) atoms. The van der Waals surface area contributed by atoms with Crippen molar-refractivity contribution in [1.82, 2.24) is 24.5 Å². The number of carbonyl (C=O) groups is 1. The summed E-state index contributed by atoms with van der Waals surface area (Å²) in [6.07, 6.45) is 5.39. The quantitative estimate of drug-likeness (QED) is 0.752. The van der Waals surface area contributed by atoms with Crippen LogP contribution in [0.1, 0.15) is 29.9 Å². The molecule has 0 radical (unpaired) electrons. The number of hydrogen-bond acceptors (Lipinski definition) is 4. The molecule has 1 N–H and O–H groups in total. The maximum absolute atomic E-state index is 11.3. The van der Waals surface area contributed by atoms with Gasteiger partial charge in [0.1, 0.15) is 5.69 Å². The Bertz CT molecular complexity index is 850. The molecule has 0 unspecified atom stereocenters. The van der Waals surface area contributed by atoms with Gasteiger partial charge >= 0.3 is 5.97 Å². The number of carboxylic acid groups (broad SMARTS) is 1. The van der Waals surface area contributed by atoms with Crippen LogP contribution in [0.15, 0.2) is 43.0 Å². The fourth-order valence-electron chi connectivity index (χ4n) is 2.60. The summed E-state index contributed by atoms with van der Waals surface area (Å²) in [5.74, 6) is -0.457. The average Bonchev–Trinajstić information content (AvgIpc) is 3.17. The van der Waals surface area contributed by atoms with Crippen LogP contribution in [0, 0.1) is 5.92 Å². The molecule has 124 valence electrons. The zero-order valence-electron chi connectivity index (χ0n) is 13.6. The number of hydrogen-bond donors (Lipinski definition) is 1. The summed E-state index contributed by atoms with van der Waals surface area (Å²) in [6, 6.07) is 6.79. The van der Waals surface area contributed by atoms with E-state index in [0.29, 0.717) is 23.7 Å². The summed E-state index contributed by atoms with van der Waals surface area (Å²) in [4.78, 5) is 15.5. The fraction of sp³-hybridized carbons (Fsp3) is 0.294. The largest absolute Gasteiger partial charge is 0.478 e. The lowest BCUT2D eigenvalue weighted by molar-refractivity contribution is 0.0697. The molecule has 3 rings (SSSR count). The number of imidazole rings is 1. The lowest BCUT2D eigenvalue weighted by atomic mass is 10.1. The van der Waals surface area contributed by atoms with Gasteiger partial charge in [-0.05, 0) is 12.0 Å². The van der Waals surface area contributed by atoms with Crippen LogP contribution in [0.2, 0.25) is 0 Å². The van der Waals surface area contributed by atoms with Crippen LogP contribution in [0.4, 0.5) is 0 Å². The zero-order chi connectivity index (χ0) is 17.1. The number of benzene rings is 1. The minimum atomic E-state index is -0.977. The van der Waals surface area contributed by atoms with E-state index in [1.54, 1.807) is 35.1 Å². The Balaban J connectivity index is 1.85. The molecule has 0 aliphatic rings. The van der Waals surface area contributed by atoms with Crippen molar-refractivity contribution in [3.8, 4) is 11.3 Å². The van der Waals surface area contributed by atoms with Crippen LogP contribution in [0.5, 0.6) is 0 Å². The molecule has 3 aromatic rings. The summed E-state index contributed by atoms with van der Waals surface area (Å²) in [5.41, 5.74) is 2.36. The Morgan fingerprint density at radius 1 is 1.29 bits per heavy atom. The second kappa shape index (κ2) is 6.66. The topological polar surface area (TPSA) is 85.8 Å². The van der Waals surface area contributed by atoms with Gasteiger partial charge < -0.3 is 9.67 Å². The summed E-state index contributed by atoms with van der Waals surface area (Å²) in [5, 5.41) is 17.5. The molecule has 2 heterocycles. The third-order valence-electron chi connectivity index (χ3n) is 3.66. The molecular formula is C17H19N5O2. The van der Waals surface area contributed by atoms with Gasteiger partial charge in [0.15, 0.2) is 0 Å². The molecule has 0 fully saturated rings. The van der Waals surface area contributed by atoms with E-state index >= 15 is 0 Å². The van der Waals surface area contributed by atoms with Crippen LogP contribution < -0.4 is 0 Å². The molecule has 0 aliphatic carbocycles. The fourth-order valence-corrected chi connectivity index (χ4v) is 2.60. The minimum absolute atomic E-state index is 0.217. The molecule has 1 aromatic carbocycles. The van der Waals surface area contributed by atoms with E-state index in [-0.39, 0.29) is 5.56 Å². The first kappa shape index (κ1) is 15.9. The minimum Gasteiger partial charge on any atom is -0.478 e. The van der Waals surface area contributed by atoms with Gasteiger partial charge in [-0.25, -0.2) is 14.5 Å². The van der Waals surface area contributed by atoms with E-state index in [2.05, 4.69) is 33.7 Å². The zero-order valence-corrected chi connectivity index (χ0v) is 13.6. The molecule has 0 amide bonds. The van der Waals surface area contributed by atoms with Gasteiger partial charge in [-0.1, -0.05) is 37.3 Å². The molecule has 2 aromatic heterocycles. The van der Waals surface area contributed by atoms with Gasteiger partial charge in [0.05, 0.1) is 36.5 Å². The van der Waals surface area contributed by atoms with Gasteiger partial charge in [0.25, 0.3) is 0 Å². The predicted octanol–water partition coefficient (Wildman–Crippen LogP) is 2.54. The molecule has 0 bridgehead atoms. The molecule has 0 aliphatic heterocycles. The summed E-state index contributed by atoms with van der Waals surface area (Å²) < 4.78 is 3.79. The highest BCUT2D eigenvalue weighted by Gasteiger charge is 2.14. The third kappa shape index (κ3) is 3.34. The maximum atomic E-state index is 11.3. The number of nitrogens with zero attached hydrogens (tertiary/aromatic N) is 5. The third-order valence-corrected chi connectivity index (χ3v) is 3.66. The van der Waals surface area contributed by atoms with Crippen molar-refractivity contribution >= 4 is 5.97 Å². The highest BCUT2D eigenvalue weighted by Crippen LogP contribution is 2.21. The van der Waals surface area contributed by atoms with Crippen LogP contribution in [-0.4, -0.2) is 35.6 Å². The maximum Gasteiger partial charge on any atom is 0.336 e. The molecule has 0 spiro atoms. The van der Waals surface area contributed by atoms with E-state index in [1.807, 2.05) is 12.5 Å². The molecule has 0 atom stereocenters. The smallest absolute Gasteiger partial charge is 0.336 e. The van der Waals surface area contributed by atoms with Crippen molar-refractivity contribution in [2.24, 2.45) is 5.92 Å². The monoisotopic (exact) mass is 325 g/mol. The van der Waals surface area contributed by atoms with Crippen LogP contribution in [0.3, 0.4) is 0 Å². The Morgan fingerprint density at radius 2 is 2.08 bits per heavy atom. The molecule has 7 heteroatoms. The van der Waals surface area contributed by atoms with Gasteiger partial charge in [-0.3, -0.25) is 0 Å². The van der Waals surface area contributed by atoms with Crippen molar-refractivity contribution in [3.63, 3.8) is 0 Å². The number of rotatable bonds is 6. The van der Waals surface area contributed by atoms with Crippen molar-refractivity contribution < 1.29 is 9.90 Å². The first-order valence-corrected chi connectivity index (χ1v) is 7.76. The molecule has 7 nitrogen and oxygen atoms in total. The summed E-state index contributed by atoms with van der Waals surface area (Å²) >= 11 is 0. The molecule has 0 saturated heterocycles. The standard InChI is InChI=1S/C17H19N5O2/c1-12(2)8-21-11-18-7-13(21)9-22-10-16(19-20-22)14-5-3-4-6-15(14)17(23)24/h3-7,10-12H,8-9H2,1-2H3,(H,23,24). The Morgan fingerprint density at radius 3 is 2.83 bits per heavy atom. The van der Waals surface area contributed by atoms with Crippen molar-refractivity contribution in [2.45, 2.75) is 26.9 Å². The molecular weight excluding hydrogens is 306 g/mol. The lowest BCUT2D eigenvalue weighted by Crippen LogP contribution is -2.10. The highest BCUT2D eigenvalue weighted by molar-refractivity contribution is 5.95. The van der Waals surface area contributed by atoms with Crippen molar-refractivity contribution in [1.29, 1.82) is 0 Å². The van der Waals surface area contributed by atoms with Crippen LogP contribution in [-0.2, 0) is 13.1 Å². The SMILES string of the molecule is CC(C)Cn1cncc1Cn1cc(-c2ccccc2C(=O)O)nn1. The number of aromatic carboxylic acids is 1. The van der Waals surface area contributed by atoms with E-state index < -0.39 is 5.97 Å². The van der Waals surface area contributed by atoms with Crippen molar-refractivity contribution in [3.05, 3.63) is 54.2 Å².